The number of rotatable bonds is 8. The van der Waals surface area contributed by atoms with Gasteiger partial charge in [0.25, 0.3) is 5.69 Å². The Morgan fingerprint density at radius 2 is 2.37 bits per heavy atom. The van der Waals surface area contributed by atoms with E-state index in [1.807, 2.05) is 0 Å². The van der Waals surface area contributed by atoms with Gasteiger partial charge in [-0.05, 0) is 13.0 Å². The maximum absolute atomic E-state index is 10.6. The average molecular weight is 269 g/mol. The zero-order valence-corrected chi connectivity index (χ0v) is 10.4. The smallest absolute Gasteiger partial charge is 0.306 e. The number of aliphatic carboxylic acids is 1. The highest BCUT2D eigenvalue weighted by Crippen LogP contribution is 2.12. The van der Waals surface area contributed by atoms with Crippen molar-refractivity contribution in [3.63, 3.8) is 0 Å². The van der Waals surface area contributed by atoms with Crippen LogP contribution in [0.4, 0.5) is 11.5 Å². The molecule has 0 aliphatic heterocycles. The van der Waals surface area contributed by atoms with Gasteiger partial charge in [-0.25, -0.2) is 4.98 Å². The van der Waals surface area contributed by atoms with Crippen molar-refractivity contribution in [2.75, 3.05) is 18.5 Å². The van der Waals surface area contributed by atoms with Crippen LogP contribution in [0.25, 0.3) is 0 Å². The number of carbonyl (C=O) groups is 1. The molecule has 1 heterocycles. The number of pyridine rings is 1. The minimum Gasteiger partial charge on any atom is -0.481 e. The minimum absolute atomic E-state index is 0.0996. The Hall–Kier alpha value is -2.22. The number of carboxylic acids is 1. The SMILES string of the molecule is CCOC(CNc1ccc([N+](=O)[O-])cn1)CC(=O)O. The second-order valence-corrected chi connectivity index (χ2v) is 3.71. The molecule has 0 fully saturated rings. The van der Waals surface area contributed by atoms with Crippen LogP contribution < -0.4 is 5.32 Å². The first-order valence-electron chi connectivity index (χ1n) is 5.70. The van der Waals surface area contributed by atoms with Gasteiger partial charge in [-0.15, -0.1) is 0 Å². The lowest BCUT2D eigenvalue weighted by molar-refractivity contribution is -0.385. The first-order chi connectivity index (χ1) is 9.02. The number of anilines is 1. The lowest BCUT2D eigenvalue weighted by Crippen LogP contribution is -2.26. The van der Waals surface area contributed by atoms with Crippen molar-refractivity contribution in [3.8, 4) is 0 Å². The van der Waals surface area contributed by atoms with Crippen molar-refractivity contribution in [1.82, 2.24) is 4.98 Å². The summed E-state index contributed by atoms with van der Waals surface area (Å²) in [6.07, 6.45) is 0.544. The van der Waals surface area contributed by atoms with Crippen LogP contribution in [-0.4, -0.2) is 40.2 Å². The molecule has 104 valence electrons. The van der Waals surface area contributed by atoms with Crippen LogP contribution >= 0.6 is 0 Å². The van der Waals surface area contributed by atoms with Gasteiger partial charge in [0.2, 0.25) is 0 Å². The van der Waals surface area contributed by atoms with Crippen LogP contribution in [0.5, 0.6) is 0 Å². The van der Waals surface area contributed by atoms with Crippen LogP contribution in [-0.2, 0) is 9.53 Å². The summed E-state index contributed by atoms with van der Waals surface area (Å²) in [5, 5.41) is 22.0. The van der Waals surface area contributed by atoms with E-state index in [0.29, 0.717) is 12.4 Å². The number of carboxylic acid groups (broad SMARTS) is 1. The molecule has 0 spiro atoms. The van der Waals surface area contributed by atoms with E-state index in [4.69, 9.17) is 9.84 Å². The van der Waals surface area contributed by atoms with Gasteiger partial charge in [-0.1, -0.05) is 0 Å². The van der Waals surface area contributed by atoms with Crippen molar-refractivity contribution in [2.45, 2.75) is 19.4 Å². The van der Waals surface area contributed by atoms with E-state index in [9.17, 15) is 14.9 Å². The molecule has 0 saturated carbocycles. The zero-order valence-electron chi connectivity index (χ0n) is 10.4. The van der Waals surface area contributed by atoms with Crippen molar-refractivity contribution >= 4 is 17.5 Å². The minimum atomic E-state index is -0.947. The fourth-order valence-electron chi connectivity index (χ4n) is 1.44. The molecule has 8 heteroatoms. The van der Waals surface area contributed by atoms with Gasteiger partial charge >= 0.3 is 5.97 Å². The van der Waals surface area contributed by atoms with E-state index in [1.165, 1.54) is 12.1 Å². The zero-order chi connectivity index (χ0) is 14.3. The fourth-order valence-corrected chi connectivity index (χ4v) is 1.44. The summed E-state index contributed by atoms with van der Waals surface area (Å²) in [5.41, 5.74) is -0.0996. The van der Waals surface area contributed by atoms with Crippen molar-refractivity contribution in [1.29, 1.82) is 0 Å². The van der Waals surface area contributed by atoms with Gasteiger partial charge in [-0.3, -0.25) is 14.9 Å². The first kappa shape index (κ1) is 14.8. The highest BCUT2D eigenvalue weighted by Gasteiger charge is 2.13. The summed E-state index contributed by atoms with van der Waals surface area (Å²) in [6, 6.07) is 2.78. The maximum atomic E-state index is 10.6. The summed E-state index contributed by atoms with van der Waals surface area (Å²) in [5.74, 6) is -0.516. The van der Waals surface area contributed by atoms with E-state index in [0.717, 1.165) is 6.20 Å². The van der Waals surface area contributed by atoms with Crippen molar-refractivity contribution < 1.29 is 19.6 Å². The van der Waals surface area contributed by atoms with Gasteiger partial charge in [0, 0.05) is 19.2 Å². The second-order valence-electron chi connectivity index (χ2n) is 3.71. The number of hydrogen-bond acceptors (Lipinski definition) is 6. The monoisotopic (exact) mass is 269 g/mol. The normalized spacial score (nSPS) is 11.8. The number of nitrogens with zero attached hydrogens (tertiary/aromatic N) is 2. The third kappa shape index (κ3) is 5.30. The second kappa shape index (κ2) is 7.27. The van der Waals surface area contributed by atoms with Crippen LogP contribution in [0.3, 0.4) is 0 Å². The van der Waals surface area contributed by atoms with Crippen LogP contribution in [0.15, 0.2) is 18.3 Å². The van der Waals surface area contributed by atoms with Gasteiger partial charge in [-0.2, -0.15) is 0 Å². The molecular weight excluding hydrogens is 254 g/mol. The summed E-state index contributed by atoms with van der Waals surface area (Å²) in [6.45, 7) is 2.46. The topological polar surface area (TPSA) is 115 Å². The molecule has 0 aliphatic carbocycles. The van der Waals surface area contributed by atoms with Crippen molar-refractivity contribution in [2.24, 2.45) is 0 Å². The Morgan fingerprint density at radius 1 is 1.63 bits per heavy atom. The number of aromatic nitrogens is 1. The van der Waals surface area contributed by atoms with Gasteiger partial charge in [0.05, 0.1) is 17.4 Å². The van der Waals surface area contributed by atoms with E-state index in [2.05, 4.69) is 10.3 Å². The molecule has 8 nitrogen and oxygen atoms in total. The molecule has 2 N–H and O–H groups in total. The molecule has 0 aromatic carbocycles. The van der Waals surface area contributed by atoms with Gasteiger partial charge < -0.3 is 15.2 Å². The Labute approximate surface area is 109 Å². The predicted octanol–water partition coefficient (Wildman–Crippen LogP) is 1.28. The summed E-state index contributed by atoms with van der Waals surface area (Å²) < 4.78 is 5.26. The molecule has 19 heavy (non-hydrogen) atoms. The Morgan fingerprint density at radius 3 is 2.84 bits per heavy atom. The number of nitrogens with one attached hydrogen (secondary N) is 1. The Kier molecular flexibility index (Phi) is 5.68. The average Bonchev–Trinajstić information content (AvgIpc) is 2.36. The van der Waals surface area contributed by atoms with Crippen LogP contribution in [0.1, 0.15) is 13.3 Å². The highest BCUT2D eigenvalue weighted by atomic mass is 16.6. The molecular formula is C11H15N3O5. The standard InChI is InChI=1S/C11H15N3O5/c1-2-19-9(5-11(15)16)7-13-10-4-3-8(6-12-10)14(17)18/h3-4,6,9H,2,5,7H2,1H3,(H,12,13)(H,15,16). The highest BCUT2D eigenvalue weighted by molar-refractivity contribution is 5.67. The molecule has 0 amide bonds. The summed E-state index contributed by atoms with van der Waals surface area (Å²) >= 11 is 0. The van der Waals surface area contributed by atoms with E-state index in [-0.39, 0.29) is 18.7 Å². The van der Waals surface area contributed by atoms with E-state index in [1.54, 1.807) is 6.92 Å². The quantitative estimate of drug-likeness (QED) is 0.539. The summed E-state index contributed by atoms with van der Waals surface area (Å²) in [7, 11) is 0. The molecule has 0 radical (unpaired) electrons. The Bertz CT molecular complexity index is 434. The molecule has 0 saturated heterocycles. The molecule has 1 unspecified atom stereocenters. The third-order valence-electron chi connectivity index (χ3n) is 2.27. The summed E-state index contributed by atoms with van der Waals surface area (Å²) in [4.78, 5) is 24.4. The lowest BCUT2D eigenvalue weighted by atomic mass is 10.2. The Balaban J connectivity index is 2.53. The van der Waals surface area contributed by atoms with E-state index >= 15 is 0 Å². The molecule has 0 bridgehead atoms. The maximum Gasteiger partial charge on any atom is 0.306 e. The van der Waals surface area contributed by atoms with Gasteiger partial charge in [0.15, 0.2) is 0 Å². The molecule has 1 aromatic heterocycles. The molecule has 1 atom stereocenters. The third-order valence-corrected chi connectivity index (χ3v) is 2.27. The number of hydrogen-bond donors (Lipinski definition) is 2. The molecule has 1 aromatic rings. The first-order valence-corrected chi connectivity index (χ1v) is 5.70. The largest absolute Gasteiger partial charge is 0.481 e. The predicted molar refractivity (Wildman–Crippen MR) is 67.0 cm³/mol. The fraction of sp³-hybridized carbons (Fsp3) is 0.455. The van der Waals surface area contributed by atoms with Crippen LogP contribution in [0, 0.1) is 10.1 Å². The van der Waals surface area contributed by atoms with Gasteiger partial charge in [0.1, 0.15) is 12.0 Å². The number of ether oxygens (including phenoxy) is 1. The number of nitro groups is 1. The van der Waals surface area contributed by atoms with E-state index < -0.39 is 17.0 Å². The van der Waals surface area contributed by atoms with Crippen LogP contribution in [0.2, 0.25) is 0 Å². The lowest BCUT2D eigenvalue weighted by Gasteiger charge is -2.15. The molecule has 1 rings (SSSR count). The molecule has 0 aliphatic rings. The van der Waals surface area contributed by atoms with Crippen molar-refractivity contribution in [3.05, 3.63) is 28.4 Å².